The van der Waals surface area contributed by atoms with Crippen LogP contribution in [0.5, 0.6) is 0 Å². The van der Waals surface area contributed by atoms with Gasteiger partial charge in [-0.3, -0.25) is 10.00 Å². The van der Waals surface area contributed by atoms with Crippen LogP contribution in [0.25, 0.3) is 0 Å². The first kappa shape index (κ1) is 19.4. The van der Waals surface area contributed by atoms with Crippen molar-refractivity contribution in [2.24, 2.45) is 0 Å². The van der Waals surface area contributed by atoms with Gasteiger partial charge in [0.2, 0.25) is 5.82 Å². The number of nitrogens with zero attached hydrogens (tertiary/aromatic N) is 5. The first-order chi connectivity index (χ1) is 15.2. The van der Waals surface area contributed by atoms with Crippen LogP contribution in [0, 0.1) is 5.82 Å². The van der Waals surface area contributed by atoms with E-state index in [0.29, 0.717) is 29.5 Å². The Kier molecular flexibility index (Phi) is 5.02. The van der Waals surface area contributed by atoms with Crippen molar-refractivity contribution in [2.75, 3.05) is 49.6 Å². The number of ether oxygens (including phenoxy) is 1. The van der Waals surface area contributed by atoms with Gasteiger partial charge in [0.05, 0.1) is 19.3 Å². The van der Waals surface area contributed by atoms with Gasteiger partial charge in [-0.1, -0.05) is 12.8 Å². The molecule has 0 unspecified atom stereocenters. The lowest BCUT2D eigenvalue weighted by molar-refractivity contribution is -0.0661. The molecule has 6 rings (SSSR count). The quantitative estimate of drug-likeness (QED) is 0.733. The van der Waals surface area contributed by atoms with Gasteiger partial charge in [-0.05, 0) is 25.7 Å². The molecule has 0 atom stereocenters. The maximum absolute atomic E-state index is 15.5. The maximum atomic E-state index is 15.5. The van der Waals surface area contributed by atoms with Crippen molar-refractivity contribution in [2.45, 2.75) is 56.4 Å². The Labute approximate surface area is 181 Å². The van der Waals surface area contributed by atoms with Crippen LogP contribution in [0.1, 0.15) is 61.9 Å². The molecule has 9 heteroatoms. The van der Waals surface area contributed by atoms with Crippen LogP contribution < -0.4 is 10.2 Å². The molecule has 0 aromatic carbocycles. The number of hydrogen-bond donors (Lipinski definition) is 2. The lowest BCUT2D eigenvalue weighted by Crippen LogP contribution is -2.56. The predicted molar refractivity (Wildman–Crippen MR) is 115 cm³/mol. The zero-order valence-corrected chi connectivity index (χ0v) is 17.8. The molecule has 2 saturated carbocycles. The number of anilines is 3. The number of piperazine rings is 1. The summed E-state index contributed by atoms with van der Waals surface area (Å²) in [5.41, 5.74) is 1.13. The molecule has 166 valence electrons. The molecule has 0 radical (unpaired) electrons. The highest BCUT2D eigenvalue weighted by atomic mass is 19.1. The first-order valence-electron chi connectivity index (χ1n) is 11.7. The van der Waals surface area contributed by atoms with E-state index in [1.807, 2.05) is 6.07 Å². The van der Waals surface area contributed by atoms with Crippen LogP contribution in [0.15, 0.2) is 6.07 Å². The Morgan fingerprint density at radius 1 is 1.00 bits per heavy atom. The summed E-state index contributed by atoms with van der Waals surface area (Å²) in [7, 11) is 0. The second kappa shape index (κ2) is 8.02. The molecule has 4 aliphatic rings. The number of nitrogens with one attached hydrogen (secondary N) is 2. The van der Waals surface area contributed by atoms with E-state index in [4.69, 9.17) is 4.74 Å². The van der Waals surface area contributed by atoms with Gasteiger partial charge in [0.1, 0.15) is 5.82 Å². The third-order valence-corrected chi connectivity index (χ3v) is 7.18. The molecule has 2 N–H and O–H groups in total. The maximum Gasteiger partial charge on any atom is 0.208 e. The summed E-state index contributed by atoms with van der Waals surface area (Å²) < 4.78 is 20.9. The Bertz CT molecular complexity index is 928. The highest BCUT2D eigenvalue weighted by Gasteiger charge is 2.33. The molecule has 2 aromatic heterocycles. The van der Waals surface area contributed by atoms with Crippen molar-refractivity contribution in [3.63, 3.8) is 0 Å². The Morgan fingerprint density at radius 3 is 2.45 bits per heavy atom. The smallest absolute Gasteiger partial charge is 0.208 e. The molecule has 2 aromatic rings. The fourth-order valence-corrected chi connectivity index (χ4v) is 4.97. The Hall–Kier alpha value is -2.26. The fraction of sp³-hybridized carbons (Fsp3) is 0.682. The molecule has 2 saturated heterocycles. The molecule has 4 fully saturated rings. The molecule has 8 nitrogen and oxygen atoms in total. The third kappa shape index (κ3) is 3.89. The van der Waals surface area contributed by atoms with Crippen LogP contribution in [0.2, 0.25) is 0 Å². The van der Waals surface area contributed by atoms with E-state index < -0.39 is 0 Å². The average Bonchev–Trinajstić information content (AvgIpc) is 3.25. The van der Waals surface area contributed by atoms with Gasteiger partial charge in [-0.15, -0.1) is 0 Å². The summed E-state index contributed by atoms with van der Waals surface area (Å²) >= 11 is 0. The minimum atomic E-state index is -0.379. The van der Waals surface area contributed by atoms with Gasteiger partial charge in [-0.2, -0.15) is 9.49 Å². The number of aromatic nitrogens is 4. The normalized spacial score (nSPS) is 23.3. The number of rotatable bonds is 6. The van der Waals surface area contributed by atoms with E-state index in [9.17, 15) is 0 Å². The van der Waals surface area contributed by atoms with Crippen LogP contribution in [0.4, 0.5) is 21.8 Å². The molecule has 31 heavy (non-hydrogen) atoms. The summed E-state index contributed by atoms with van der Waals surface area (Å²) in [6, 6.07) is 2.53. The number of H-pyrrole nitrogens is 1. The van der Waals surface area contributed by atoms with Crippen molar-refractivity contribution >= 4 is 17.5 Å². The monoisotopic (exact) mass is 427 g/mol. The second-order valence-electron chi connectivity index (χ2n) is 9.37. The van der Waals surface area contributed by atoms with Crippen molar-refractivity contribution in [1.82, 2.24) is 25.1 Å². The third-order valence-electron chi connectivity index (χ3n) is 7.18. The van der Waals surface area contributed by atoms with E-state index in [1.165, 1.54) is 25.7 Å². The average molecular weight is 428 g/mol. The zero-order chi connectivity index (χ0) is 20.8. The van der Waals surface area contributed by atoms with Gasteiger partial charge in [0.25, 0.3) is 0 Å². The summed E-state index contributed by atoms with van der Waals surface area (Å²) in [6.07, 6.45) is 7.07. The summed E-state index contributed by atoms with van der Waals surface area (Å²) in [5, 5.41) is 10.7. The lowest BCUT2D eigenvalue weighted by Gasteiger charge is -2.42. The largest absolute Gasteiger partial charge is 0.378 e. The highest BCUT2D eigenvalue weighted by molar-refractivity contribution is 5.59. The van der Waals surface area contributed by atoms with Gasteiger partial charge in [0.15, 0.2) is 17.5 Å². The predicted octanol–water partition coefficient (Wildman–Crippen LogP) is 3.14. The first-order valence-corrected chi connectivity index (χ1v) is 11.7. The highest BCUT2D eigenvalue weighted by Crippen LogP contribution is 2.40. The van der Waals surface area contributed by atoms with E-state index >= 15 is 4.39 Å². The Balaban J connectivity index is 1.22. The second-order valence-corrected chi connectivity index (χ2v) is 9.37. The van der Waals surface area contributed by atoms with Gasteiger partial charge in [-0.25, -0.2) is 9.97 Å². The molecule has 0 bridgehead atoms. The van der Waals surface area contributed by atoms with Gasteiger partial charge < -0.3 is 15.0 Å². The molecule has 4 heterocycles. The topological polar surface area (TPSA) is 82.2 Å². The summed E-state index contributed by atoms with van der Waals surface area (Å²) in [4.78, 5) is 13.7. The zero-order valence-electron chi connectivity index (χ0n) is 17.8. The van der Waals surface area contributed by atoms with Crippen molar-refractivity contribution in [3.05, 3.63) is 23.4 Å². The summed E-state index contributed by atoms with van der Waals surface area (Å²) in [6.45, 7) is 4.97. The number of aromatic amines is 1. The molecular weight excluding hydrogens is 397 g/mol. The van der Waals surface area contributed by atoms with Crippen LogP contribution in [0.3, 0.4) is 0 Å². The van der Waals surface area contributed by atoms with Crippen LogP contribution in [-0.4, -0.2) is 70.5 Å². The van der Waals surface area contributed by atoms with E-state index in [-0.39, 0.29) is 11.6 Å². The van der Waals surface area contributed by atoms with E-state index in [2.05, 4.69) is 35.3 Å². The van der Waals surface area contributed by atoms with Crippen LogP contribution in [-0.2, 0) is 4.74 Å². The lowest BCUT2D eigenvalue weighted by atomic mass is 10.0. The minimum absolute atomic E-state index is 0.242. The van der Waals surface area contributed by atoms with Crippen LogP contribution >= 0.6 is 0 Å². The molecule has 2 aliphatic carbocycles. The fourth-order valence-electron chi connectivity index (χ4n) is 4.97. The number of halogens is 1. The summed E-state index contributed by atoms with van der Waals surface area (Å²) in [5.74, 6) is 2.55. The minimum Gasteiger partial charge on any atom is -0.378 e. The number of hydrogen-bond acceptors (Lipinski definition) is 7. The standard InChI is InChI=1S/C22H30FN7O/c23-19-21(24-18-11-17(27-28-18)14-3-1-2-4-14)25-20(15-5-6-15)26-22(19)30-9-7-29(8-10-30)16-12-31-13-16/h11,14-16H,1-10,12-13H2,(H2,24,25,26,27,28). The SMILES string of the molecule is Fc1c(Nc2cc(C3CCCC3)[nH]n2)nc(C2CC2)nc1N1CCN(C2COC2)CC1. The van der Waals surface area contributed by atoms with Crippen molar-refractivity contribution < 1.29 is 9.13 Å². The molecule has 0 amide bonds. The van der Waals surface area contributed by atoms with Gasteiger partial charge >= 0.3 is 0 Å². The van der Waals surface area contributed by atoms with Crippen molar-refractivity contribution in [1.29, 1.82) is 0 Å². The molecule has 0 spiro atoms. The van der Waals surface area contributed by atoms with E-state index in [1.54, 1.807) is 0 Å². The Morgan fingerprint density at radius 2 is 1.77 bits per heavy atom. The van der Waals surface area contributed by atoms with Crippen molar-refractivity contribution in [3.8, 4) is 0 Å². The van der Waals surface area contributed by atoms with Gasteiger partial charge in [0, 0.05) is 49.8 Å². The molecular formula is C22H30FN7O. The van der Waals surface area contributed by atoms with E-state index in [0.717, 1.165) is 63.8 Å². The molecule has 2 aliphatic heterocycles.